The van der Waals surface area contributed by atoms with E-state index in [1.165, 1.54) is 12.1 Å². The second-order valence-corrected chi connectivity index (χ2v) is 6.21. The highest BCUT2D eigenvalue weighted by atomic mass is 19.4. The first kappa shape index (κ1) is 13.4. The summed E-state index contributed by atoms with van der Waals surface area (Å²) in [4.78, 5) is 0. The van der Waals surface area contributed by atoms with Crippen LogP contribution in [0, 0.1) is 11.8 Å². The molecular weight excluding hydrogens is 289 g/mol. The highest BCUT2D eigenvalue weighted by Crippen LogP contribution is 2.41. The molecular formula is C18H25F3O. The Labute approximate surface area is 135 Å². The highest BCUT2D eigenvalue weighted by molar-refractivity contribution is 5.28. The number of halogens is 3. The lowest BCUT2D eigenvalue weighted by atomic mass is 9.71. The first-order valence-electron chi connectivity index (χ1n) is 9.24. The predicted octanol–water partition coefficient (Wildman–Crippen LogP) is 5.65. The van der Waals surface area contributed by atoms with Crippen LogP contribution in [0.5, 0.6) is 0 Å². The maximum absolute atomic E-state index is 12.8. The van der Waals surface area contributed by atoms with Gasteiger partial charge in [-0.1, -0.05) is 25.9 Å². The molecule has 0 radical (unpaired) electrons. The number of alkyl halides is 3. The van der Waals surface area contributed by atoms with Crippen LogP contribution in [0.15, 0.2) is 24.3 Å². The van der Waals surface area contributed by atoms with Crippen LogP contribution in [0.4, 0.5) is 13.2 Å². The van der Waals surface area contributed by atoms with Crippen LogP contribution >= 0.6 is 0 Å². The molecule has 0 spiro atoms. The van der Waals surface area contributed by atoms with Crippen molar-refractivity contribution in [1.29, 1.82) is 0 Å². The molecule has 1 nitrogen and oxygen atoms in total. The molecule has 0 aliphatic heterocycles. The molecule has 2 unspecified atom stereocenters. The van der Waals surface area contributed by atoms with Crippen LogP contribution in [0.1, 0.15) is 60.6 Å². The average molecular weight is 317 g/mol. The number of methoxy groups -OCH3 is 1. The molecule has 2 atom stereocenters. The van der Waals surface area contributed by atoms with Crippen molar-refractivity contribution in [3.05, 3.63) is 35.4 Å². The van der Waals surface area contributed by atoms with Crippen LogP contribution in [0.25, 0.3) is 0 Å². The number of hydrogen-bond donors (Lipinski definition) is 0. The minimum Gasteiger partial charge on any atom is -0.381 e. The number of benzene rings is 1. The van der Waals surface area contributed by atoms with Gasteiger partial charge < -0.3 is 4.74 Å². The molecule has 0 aromatic heterocycles. The van der Waals surface area contributed by atoms with Crippen LogP contribution in [0.2, 0.25) is 0 Å². The second-order valence-electron chi connectivity index (χ2n) is 6.21. The molecule has 0 saturated heterocycles. The molecule has 1 aliphatic carbocycles. The fourth-order valence-corrected chi connectivity index (χ4v) is 3.55. The first-order valence-corrected chi connectivity index (χ1v) is 7.74. The maximum atomic E-state index is 12.8. The molecule has 0 N–H and O–H groups in total. The van der Waals surface area contributed by atoms with Gasteiger partial charge in [0.2, 0.25) is 0 Å². The third-order valence-electron chi connectivity index (χ3n) is 4.72. The number of rotatable bonds is 4. The summed E-state index contributed by atoms with van der Waals surface area (Å²) in [5.74, 6) is -0.764. The Bertz CT molecular complexity index is 546. The third-order valence-corrected chi connectivity index (χ3v) is 4.72. The Balaban J connectivity index is 2.29. The van der Waals surface area contributed by atoms with Crippen molar-refractivity contribution in [1.82, 2.24) is 0 Å². The van der Waals surface area contributed by atoms with E-state index >= 15 is 0 Å². The summed E-state index contributed by atoms with van der Waals surface area (Å²) in [6.07, 6.45) is -0.847. The summed E-state index contributed by atoms with van der Waals surface area (Å²) < 4.78 is 67.1. The van der Waals surface area contributed by atoms with E-state index in [9.17, 15) is 13.2 Å². The largest absolute Gasteiger partial charge is 0.416 e. The van der Waals surface area contributed by atoms with Crippen LogP contribution in [-0.4, -0.2) is 13.2 Å². The summed E-state index contributed by atoms with van der Waals surface area (Å²) in [7, 11) is 1.67. The summed E-state index contributed by atoms with van der Waals surface area (Å²) >= 11 is 0. The van der Waals surface area contributed by atoms with E-state index in [1.807, 2.05) is 0 Å². The van der Waals surface area contributed by atoms with Crippen molar-refractivity contribution in [3.8, 4) is 0 Å². The van der Waals surface area contributed by atoms with Crippen molar-refractivity contribution in [2.24, 2.45) is 11.8 Å². The van der Waals surface area contributed by atoms with Gasteiger partial charge in [-0.3, -0.25) is 0 Å². The fourth-order valence-electron chi connectivity index (χ4n) is 3.55. The van der Waals surface area contributed by atoms with Crippen molar-refractivity contribution in [3.63, 3.8) is 0 Å². The summed E-state index contributed by atoms with van der Waals surface area (Å²) in [6.45, 7) is -0.469. The van der Waals surface area contributed by atoms with Crippen molar-refractivity contribution in [2.75, 3.05) is 7.11 Å². The van der Waals surface area contributed by atoms with Crippen molar-refractivity contribution in [2.45, 2.75) is 57.7 Å². The molecule has 1 aromatic rings. The van der Waals surface area contributed by atoms with Gasteiger partial charge in [0.1, 0.15) is 0 Å². The van der Waals surface area contributed by atoms with E-state index in [-0.39, 0.29) is 17.9 Å². The Hall–Kier alpha value is -1.03. The van der Waals surface area contributed by atoms with Crippen LogP contribution in [0.3, 0.4) is 0 Å². The normalized spacial score (nSPS) is 28.3. The van der Waals surface area contributed by atoms with Gasteiger partial charge in [-0.05, 0) is 61.1 Å². The maximum Gasteiger partial charge on any atom is 0.416 e. The van der Waals surface area contributed by atoms with Gasteiger partial charge in [-0.25, -0.2) is 0 Å². The van der Waals surface area contributed by atoms with Crippen LogP contribution < -0.4 is 0 Å². The summed E-state index contributed by atoms with van der Waals surface area (Å²) in [5.41, 5.74) is -0.0304. The predicted molar refractivity (Wildman–Crippen MR) is 81.8 cm³/mol. The van der Waals surface area contributed by atoms with Gasteiger partial charge in [0.25, 0.3) is 0 Å². The number of hydrogen-bond acceptors (Lipinski definition) is 1. The lowest BCUT2D eigenvalue weighted by molar-refractivity contribution is -0.137. The molecule has 124 valence electrons. The van der Waals surface area contributed by atoms with Crippen LogP contribution in [-0.2, 0) is 10.9 Å². The summed E-state index contributed by atoms with van der Waals surface area (Å²) in [5, 5.41) is 0. The van der Waals surface area contributed by atoms with Gasteiger partial charge in [0.15, 0.2) is 0 Å². The molecule has 1 aromatic carbocycles. The van der Waals surface area contributed by atoms with E-state index < -0.39 is 24.5 Å². The Morgan fingerprint density at radius 1 is 1.14 bits per heavy atom. The molecule has 1 aliphatic rings. The molecule has 1 saturated carbocycles. The van der Waals surface area contributed by atoms with Gasteiger partial charge in [0.05, 0.1) is 11.7 Å². The second kappa shape index (κ2) is 7.03. The van der Waals surface area contributed by atoms with E-state index in [0.29, 0.717) is 5.56 Å². The quantitative estimate of drug-likeness (QED) is 0.697. The third kappa shape index (κ3) is 4.03. The monoisotopic (exact) mass is 317 g/mol. The van der Waals surface area contributed by atoms with E-state index in [4.69, 9.17) is 8.85 Å². The fraction of sp³-hybridized carbons (Fsp3) is 0.667. The van der Waals surface area contributed by atoms with Gasteiger partial charge in [-0.2, -0.15) is 13.2 Å². The topological polar surface area (TPSA) is 9.23 Å². The van der Waals surface area contributed by atoms with Gasteiger partial charge in [0, 0.05) is 11.2 Å². The van der Waals surface area contributed by atoms with E-state index in [1.54, 1.807) is 14.0 Å². The van der Waals surface area contributed by atoms with E-state index in [2.05, 4.69) is 0 Å². The lowest BCUT2D eigenvalue weighted by Gasteiger charge is -2.36. The van der Waals surface area contributed by atoms with Crippen molar-refractivity contribution < 1.29 is 22.0 Å². The molecule has 22 heavy (non-hydrogen) atoms. The van der Waals surface area contributed by atoms with Gasteiger partial charge >= 0.3 is 6.18 Å². The Kier molecular flexibility index (Phi) is 4.29. The van der Waals surface area contributed by atoms with Gasteiger partial charge in [-0.15, -0.1) is 0 Å². The SMILES string of the molecule is [2H]C([2H])([2H])C(C)C(c1ccc(C(F)(F)F)cc1)C1CCC(OC)CC1. The minimum absolute atomic E-state index is 0.138. The zero-order valence-electron chi connectivity index (χ0n) is 16.0. The zero-order valence-corrected chi connectivity index (χ0v) is 13.0. The average Bonchev–Trinajstić information content (AvgIpc) is 2.54. The molecule has 2 rings (SSSR count). The highest BCUT2D eigenvalue weighted by Gasteiger charge is 2.33. The van der Waals surface area contributed by atoms with Crippen molar-refractivity contribution >= 4 is 0 Å². The number of ether oxygens (including phenoxy) is 1. The lowest BCUT2D eigenvalue weighted by Crippen LogP contribution is -2.26. The molecule has 1 fully saturated rings. The smallest absolute Gasteiger partial charge is 0.381 e. The zero-order chi connectivity index (χ0) is 18.8. The molecule has 0 heterocycles. The molecule has 0 bridgehead atoms. The first-order chi connectivity index (χ1) is 11.5. The van der Waals surface area contributed by atoms with E-state index in [0.717, 1.165) is 37.8 Å². The molecule has 4 heteroatoms. The molecule has 0 amide bonds. The minimum atomic E-state index is -4.39. The Morgan fingerprint density at radius 2 is 1.73 bits per heavy atom. The summed E-state index contributed by atoms with van der Waals surface area (Å²) in [6, 6.07) is 4.99. The standard InChI is InChI=1S/C18H25F3O/c1-12(2)17(14-6-10-16(22-3)11-7-14)13-4-8-15(9-5-13)18(19,20)21/h4-5,8-9,12,14,16-17H,6-7,10-11H2,1-3H3/i1D3. The Morgan fingerprint density at radius 3 is 2.18 bits per heavy atom.